The molecule has 0 unspecified atom stereocenters. The van der Waals surface area contributed by atoms with Gasteiger partial charge in [-0.15, -0.1) is 0 Å². The second-order valence-electron chi connectivity index (χ2n) is 8.32. The average molecular weight is 430 g/mol. The second-order valence-corrected chi connectivity index (χ2v) is 8.32. The predicted octanol–water partition coefficient (Wildman–Crippen LogP) is 4.31. The summed E-state index contributed by atoms with van der Waals surface area (Å²) in [6.45, 7) is 1.37. The van der Waals surface area contributed by atoms with Gasteiger partial charge in [0.15, 0.2) is 0 Å². The predicted molar refractivity (Wildman–Crippen MR) is 124 cm³/mol. The standard InChI is InChI=1S/C25H27N5O2/c1-31-20-10-11-23-21(12-20)25(29-16-28-23)32-15-17-6-8-19(9-7-17)26-14-24-27-13-18-4-2-3-5-22(18)30-24/h2-5,10-13,16-17,19,26H,6-9,14-15H2,1H3. The molecule has 7 heteroatoms. The Balaban J connectivity index is 1.12. The Morgan fingerprint density at radius 1 is 0.969 bits per heavy atom. The van der Waals surface area contributed by atoms with Crippen molar-refractivity contribution in [2.75, 3.05) is 13.7 Å². The number of rotatable bonds is 7. The summed E-state index contributed by atoms with van der Waals surface area (Å²) >= 11 is 0. The zero-order chi connectivity index (χ0) is 21.8. The summed E-state index contributed by atoms with van der Waals surface area (Å²) < 4.78 is 11.4. The Kier molecular flexibility index (Phi) is 6.07. The summed E-state index contributed by atoms with van der Waals surface area (Å²) in [5.74, 6) is 2.78. The van der Waals surface area contributed by atoms with E-state index in [9.17, 15) is 0 Å². The summed E-state index contributed by atoms with van der Waals surface area (Å²) in [7, 11) is 1.66. The number of ether oxygens (including phenoxy) is 2. The van der Waals surface area contributed by atoms with E-state index in [1.54, 1.807) is 13.4 Å². The van der Waals surface area contributed by atoms with E-state index in [1.807, 2.05) is 48.7 Å². The van der Waals surface area contributed by atoms with Crippen molar-refractivity contribution in [3.63, 3.8) is 0 Å². The number of fused-ring (bicyclic) bond motifs is 2. The average Bonchev–Trinajstić information content (AvgIpc) is 2.86. The maximum Gasteiger partial charge on any atom is 0.224 e. The minimum atomic E-state index is 0.491. The van der Waals surface area contributed by atoms with Crippen molar-refractivity contribution in [1.82, 2.24) is 25.3 Å². The first-order valence-electron chi connectivity index (χ1n) is 11.1. The van der Waals surface area contributed by atoms with Gasteiger partial charge in [-0.25, -0.2) is 19.9 Å². The second kappa shape index (κ2) is 9.44. The van der Waals surface area contributed by atoms with Gasteiger partial charge in [0.2, 0.25) is 5.88 Å². The van der Waals surface area contributed by atoms with Gasteiger partial charge in [-0.1, -0.05) is 18.2 Å². The molecule has 1 fully saturated rings. The van der Waals surface area contributed by atoms with Crippen molar-refractivity contribution in [1.29, 1.82) is 0 Å². The van der Waals surface area contributed by atoms with Crippen molar-refractivity contribution in [2.24, 2.45) is 5.92 Å². The zero-order valence-electron chi connectivity index (χ0n) is 18.2. The molecule has 0 atom stereocenters. The Morgan fingerprint density at radius 2 is 1.84 bits per heavy atom. The van der Waals surface area contributed by atoms with E-state index in [0.29, 0.717) is 31.0 Å². The maximum absolute atomic E-state index is 6.12. The molecule has 2 aromatic carbocycles. The number of hydrogen-bond acceptors (Lipinski definition) is 7. The van der Waals surface area contributed by atoms with Gasteiger partial charge in [0.1, 0.15) is 17.9 Å². The Bertz CT molecular complexity index is 1210. The van der Waals surface area contributed by atoms with Crippen LogP contribution in [0.3, 0.4) is 0 Å². The smallest absolute Gasteiger partial charge is 0.224 e. The molecule has 0 radical (unpaired) electrons. The lowest BCUT2D eigenvalue weighted by atomic mass is 9.86. The first-order valence-corrected chi connectivity index (χ1v) is 11.1. The minimum Gasteiger partial charge on any atom is -0.497 e. The normalized spacial score (nSPS) is 18.7. The quantitative estimate of drug-likeness (QED) is 0.469. The molecule has 2 aromatic heterocycles. The monoisotopic (exact) mass is 429 g/mol. The van der Waals surface area contributed by atoms with Gasteiger partial charge in [-0.05, 0) is 55.9 Å². The fraction of sp³-hybridized carbons (Fsp3) is 0.360. The topological polar surface area (TPSA) is 82.1 Å². The number of nitrogens with zero attached hydrogens (tertiary/aromatic N) is 4. The zero-order valence-corrected chi connectivity index (χ0v) is 18.2. The molecular weight excluding hydrogens is 402 g/mol. The first kappa shape index (κ1) is 20.6. The van der Waals surface area contributed by atoms with Crippen molar-refractivity contribution in [3.05, 3.63) is 60.8 Å². The highest BCUT2D eigenvalue weighted by molar-refractivity contribution is 5.84. The van der Waals surface area contributed by atoms with Gasteiger partial charge >= 0.3 is 0 Å². The first-order chi connectivity index (χ1) is 15.8. The highest BCUT2D eigenvalue weighted by Crippen LogP contribution is 2.29. The van der Waals surface area contributed by atoms with Crippen LogP contribution in [0, 0.1) is 5.92 Å². The van der Waals surface area contributed by atoms with E-state index in [2.05, 4.69) is 25.3 Å². The summed E-state index contributed by atoms with van der Waals surface area (Å²) in [5.41, 5.74) is 1.86. The largest absolute Gasteiger partial charge is 0.497 e. The van der Waals surface area contributed by atoms with E-state index in [0.717, 1.165) is 59.1 Å². The summed E-state index contributed by atoms with van der Waals surface area (Å²) in [4.78, 5) is 17.8. The number of benzene rings is 2. The van der Waals surface area contributed by atoms with Gasteiger partial charge in [0.25, 0.3) is 0 Å². The Morgan fingerprint density at radius 3 is 2.72 bits per heavy atom. The van der Waals surface area contributed by atoms with Crippen LogP contribution in [0.4, 0.5) is 0 Å². The van der Waals surface area contributed by atoms with Gasteiger partial charge in [-0.3, -0.25) is 0 Å². The van der Waals surface area contributed by atoms with Crippen molar-refractivity contribution in [3.8, 4) is 11.6 Å². The van der Waals surface area contributed by atoms with Crippen molar-refractivity contribution < 1.29 is 9.47 Å². The molecule has 0 spiro atoms. The molecule has 1 N–H and O–H groups in total. The van der Waals surface area contributed by atoms with Crippen LogP contribution in [0.2, 0.25) is 0 Å². The van der Waals surface area contributed by atoms with Crippen molar-refractivity contribution in [2.45, 2.75) is 38.3 Å². The van der Waals surface area contributed by atoms with Crippen LogP contribution in [-0.4, -0.2) is 39.7 Å². The van der Waals surface area contributed by atoms with Crippen LogP contribution in [-0.2, 0) is 6.54 Å². The highest BCUT2D eigenvalue weighted by atomic mass is 16.5. The van der Waals surface area contributed by atoms with E-state index < -0.39 is 0 Å². The molecule has 0 amide bonds. The molecule has 32 heavy (non-hydrogen) atoms. The van der Waals surface area contributed by atoms with Gasteiger partial charge in [0.05, 0.1) is 36.7 Å². The van der Waals surface area contributed by atoms with Crippen LogP contribution in [0.15, 0.2) is 55.0 Å². The SMILES string of the molecule is COc1ccc2ncnc(OCC3CCC(NCc4ncc5ccccc5n4)CC3)c2c1. The van der Waals surface area contributed by atoms with Crippen LogP contribution < -0.4 is 14.8 Å². The lowest BCUT2D eigenvalue weighted by molar-refractivity contribution is 0.187. The third kappa shape index (κ3) is 4.62. The molecule has 0 aliphatic heterocycles. The molecular formula is C25H27N5O2. The molecule has 1 aliphatic carbocycles. The minimum absolute atomic E-state index is 0.491. The molecule has 0 saturated heterocycles. The third-order valence-corrected chi connectivity index (χ3v) is 6.20. The van der Waals surface area contributed by atoms with E-state index in [-0.39, 0.29) is 0 Å². The number of methoxy groups -OCH3 is 1. The Labute approximate surface area is 187 Å². The fourth-order valence-corrected chi connectivity index (χ4v) is 4.32. The summed E-state index contributed by atoms with van der Waals surface area (Å²) in [6, 6.07) is 14.3. The lowest BCUT2D eigenvalue weighted by Crippen LogP contribution is -2.34. The molecule has 4 aromatic rings. The van der Waals surface area contributed by atoms with E-state index in [1.165, 1.54) is 0 Å². The van der Waals surface area contributed by atoms with Crippen LogP contribution in [0.5, 0.6) is 11.6 Å². The van der Waals surface area contributed by atoms with Crippen LogP contribution in [0.1, 0.15) is 31.5 Å². The van der Waals surface area contributed by atoms with Crippen LogP contribution >= 0.6 is 0 Å². The molecule has 1 saturated carbocycles. The molecule has 0 bridgehead atoms. The Hall–Kier alpha value is -3.32. The molecule has 1 aliphatic rings. The molecule has 7 nitrogen and oxygen atoms in total. The van der Waals surface area contributed by atoms with Gasteiger partial charge in [-0.2, -0.15) is 0 Å². The number of hydrogen-bond donors (Lipinski definition) is 1. The highest BCUT2D eigenvalue weighted by Gasteiger charge is 2.22. The number of nitrogens with one attached hydrogen (secondary N) is 1. The lowest BCUT2D eigenvalue weighted by Gasteiger charge is -2.29. The summed E-state index contributed by atoms with van der Waals surface area (Å²) in [5, 5.41) is 5.60. The number of aromatic nitrogens is 4. The molecule has 2 heterocycles. The van der Waals surface area contributed by atoms with Crippen LogP contribution in [0.25, 0.3) is 21.8 Å². The summed E-state index contributed by atoms with van der Waals surface area (Å²) in [6.07, 6.45) is 7.96. The molecule has 164 valence electrons. The number of para-hydroxylation sites is 1. The third-order valence-electron chi connectivity index (χ3n) is 6.20. The van der Waals surface area contributed by atoms with Gasteiger partial charge < -0.3 is 14.8 Å². The van der Waals surface area contributed by atoms with Crippen molar-refractivity contribution >= 4 is 21.8 Å². The molecule has 5 rings (SSSR count). The fourth-order valence-electron chi connectivity index (χ4n) is 4.32. The van der Waals surface area contributed by atoms with E-state index in [4.69, 9.17) is 9.47 Å². The maximum atomic E-state index is 6.12. The van der Waals surface area contributed by atoms with Gasteiger partial charge in [0, 0.05) is 17.6 Å². The van der Waals surface area contributed by atoms with E-state index >= 15 is 0 Å².